The van der Waals surface area contributed by atoms with Crippen LogP contribution in [-0.4, -0.2) is 50.9 Å². The van der Waals surface area contributed by atoms with E-state index in [0.29, 0.717) is 0 Å². The molecule has 12 nitrogen and oxygen atoms in total. The largest absolute Gasteiger partial charge is 6.00 e. The Hall–Kier alpha value is -2.82. The molecular formula is C18H21CrNO11. The first kappa shape index (κ1) is 35.6. The van der Waals surface area contributed by atoms with Gasteiger partial charge in [-0.05, 0) is 24.6 Å². The summed E-state index contributed by atoms with van der Waals surface area (Å²) >= 11 is 0. The summed E-state index contributed by atoms with van der Waals surface area (Å²) in [7, 11) is 3.60. The molecule has 0 aliphatic rings. The molecule has 0 saturated heterocycles. The van der Waals surface area contributed by atoms with Gasteiger partial charge in [0.05, 0.1) is 32.6 Å². The minimum absolute atomic E-state index is 0. The van der Waals surface area contributed by atoms with Crippen LogP contribution in [-0.2, 0) is 62.4 Å². The first-order chi connectivity index (χ1) is 12.8. The van der Waals surface area contributed by atoms with Gasteiger partial charge in [-0.25, -0.2) is 4.79 Å². The van der Waals surface area contributed by atoms with E-state index in [0.717, 1.165) is 7.11 Å². The third-order valence-electron chi connectivity index (χ3n) is 3.56. The molecule has 0 aliphatic carbocycles. The summed E-state index contributed by atoms with van der Waals surface area (Å²) in [6.45, 7) is 0. The molecule has 0 unspecified atom stereocenters. The molecule has 0 spiro atoms. The third kappa shape index (κ3) is 11.8. The van der Waals surface area contributed by atoms with Gasteiger partial charge in [0.1, 0.15) is 6.42 Å². The van der Waals surface area contributed by atoms with E-state index in [9.17, 15) is 24.0 Å². The number of esters is 3. The van der Waals surface area contributed by atoms with Crippen LogP contribution in [0.1, 0.15) is 46.4 Å². The number of nitrogens with one attached hydrogen (secondary N) is 1. The van der Waals surface area contributed by atoms with Crippen molar-refractivity contribution >= 4 is 35.3 Å². The number of hydrogen-bond donors (Lipinski definition) is 1. The fourth-order valence-electron chi connectivity index (χ4n) is 2.16. The van der Waals surface area contributed by atoms with Gasteiger partial charge in [0.25, 0.3) is 0 Å². The molecular weight excluding hydrogens is 458 g/mol. The molecule has 0 heterocycles. The van der Waals surface area contributed by atoms with Gasteiger partial charge in [0.2, 0.25) is 5.91 Å². The zero-order valence-electron chi connectivity index (χ0n) is 17.0. The minimum Gasteiger partial charge on any atom is -2.00 e. The van der Waals surface area contributed by atoms with Crippen LogP contribution >= 0.6 is 0 Å². The molecule has 1 rings (SSSR count). The number of ketones is 1. The van der Waals surface area contributed by atoms with Crippen molar-refractivity contribution in [2.45, 2.75) is 25.7 Å². The molecule has 0 atom stereocenters. The second-order valence-electron chi connectivity index (χ2n) is 5.41. The maximum absolute atomic E-state index is 12.5. The van der Waals surface area contributed by atoms with Crippen molar-refractivity contribution in [1.29, 1.82) is 0 Å². The molecule has 0 aliphatic heterocycles. The first-order valence-electron chi connectivity index (χ1n) is 8.01. The van der Waals surface area contributed by atoms with Gasteiger partial charge in [-0.15, -0.1) is 0 Å². The van der Waals surface area contributed by atoms with Crippen LogP contribution in [0.5, 0.6) is 0 Å². The predicted molar refractivity (Wildman–Crippen MR) is 95.3 cm³/mol. The Bertz CT molecular complexity index is 752. The van der Waals surface area contributed by atoms with Crippen LogP contribution in [0.15, 0.2) is 18.2 Å². The normalized spacial score (nSPS) is 8.61. The number of carbonyl (C=O) groups is 5. The summed E-state index contributed by atoms with van der Waals surface area (Å²) in [5, 5.41) is 2.45. The van der Waals surface area contributed by atoms with Crippen molar-refractivity contribution in [2.24, 2.45) is 0 Å². The van der Waals surface area contributed by atoms with Crippen LogP contribution in [0, 0.1) is 0 Å². The standard InChI is InChI=1S/C18H21NO8.Cr.3O/c1-25-16(22)6-4-5-14(20)12-9-11(18(24)27-3)7-8-13(12)19-15(21)10-17(23)26-2;;;;/h7-9H,4-6,10H2,1-3H3,(H,19,21);;;;/q;+6;3*-2. The summed E-state index contributed by atoms with van der Waals surface area (Å²) < 4.78 is 13.6. The van der Waals surface area contributed by atoms with E-state index < -0.39 is 36.0 Å². The number of amides is 1. The average molecular weight is 479 g/mol. The Kier molecular flexibility index (Phi) is 20.7. The molecule has 0 radical (unpaired) electrons. The fraction of sp³-hybridized carbons (Fsp3) is 0.389. The molecule has 1 N–H and O–H groups in total. The molecule has 1 aromatic rings. The molecule has 0 aromatic heterocycles. The molecule has 0 bridgehead atoms. The van der Waals surface area contributed by atoms with Gasteiger partial charge < -0.3 is 36.0 Å². The van der Waals surface area contributed by atoms with E-state index >= 15 is 0 Å². The average Bonchev–Trinajstić information content (AvgIpc) is 2.66. The smallest absolute Gasteiger partial charge is 2.00 e. The second kappa shape index (κ2) is 18.0. The van der Waals surface area contributed by atoms with Crippen molar-refractivity contribution in [3.63, 3.8) is 0 Å². The number of anilines is 1. The third-order valence-corrected chi connectivity index (χ3v) is 3.56. The van der Waals surface area contributed by atoms with E-state index in [2.05, 4.69) is 19.5 Å². The number of hydrogen-bond acceptors (Lipinski definition) is 8. The Balaban J connectivity index is -0.000000911. The van der Waals surface area contributed by atoms with E-state index in [1.165, 1.54) is 32.4 Å². The monoisotopic (exact) mass is 479 g/mol. The Labute approximate surface area is 189 Å². The zero-order chi connectivity index (χ0) is 20.4. The number of benzene rings is 1. The summed E-state index contributed by atoms with van der Waals surface area (Å²) in [6, 6.07) is 4.04. The predicted octanol–water partition coefficient (Wildman–Crippen LogP) is 1.14. The molecule has 13 heteroatoms. The van der Waals surface area contributed by atoms with Crippen LogP contribution in [0.3, 0.4) is 0 Å². The van der Waals surface area contributed by atoms with Gasteiger partial charge in [0.15, 0.2) is 5.78 Å². The molecule has 170 valence electrons. The van der Waals surface area contributed by atoms with Crippen LogP contribution in [0.4, 0.5) is 5.69 Å². The number of carbonyl (C=O) groups excluding carboxylic acids is 5. The number of ether oxygens (including phenoxy) is 3. The van der Waals surface area contributed by atoms with E-state index in [1.54, 1.807) is 0 Å². The van der Waals surface area contributed by atoms with Crippen molar-refractivity contribution in [3.8, 4) is 0 Å². The van der Waals surface area contributed by atoms with Gasteiger partial charge >= 0.3 is 35.3 Å². The van der Waals surface area contributed by atoms with Gasteiger partial charge in [-0.2, -0.15) is 0 Å². The molecule has 1 aromatic carbocycles. The van der Waals surface area contributed by atoms with E-state index in [1.807, 2.05) is 0 Å². The van der Waals surface area contributed by atoms with Crippen molar-refractivity contribution in [2.75, 3.05) is 26.6 Å². The van der Waals surface area contributed by atoms with Crippen LogP contribution in [0.2, 0.25) is 0 Å². The minimum atomic E-state index is -0.732. The Morgan fingerprint density at radius 3 is 1.94 bits per heavy atom. The summed E-state index contributed by atoms with van der Waals surface area (Å²) in [6.07, 6.45) is -0.225. The van der Waals surface area contributed by atoms with Crippen molar-refractivity contribution < 1.29 is 72.0 Å². The van der Waals surface area contributed by atoms with Gasteiger partial charge in [-0.3, -0.25) is 19.2 Å². The fourth-order valence-corrected chi connectivity index (χ4v) is 2.16. The summed E-state index contributed by atoms with van der Waals surface area (Å²) in [5.41, 5.74) is 0.334. The topological polar surface area (TPSA) is 211 Å². The van der Waals surface area contributed by atoms with E-state index in [4.69, 9.17) is 0 Å². The summed E-state index contributed by atoms with van der Waals surface area (Å²) in [4.78, 5) is 58.5. The van der Waals surface area contributed by atoms with E-state index in [-0.39, 0.29) is 69.9 Å². The quantitative estimate of drug-likeness (QED) is 0.234. The van der Waals surface area contributed by atoms with Crippen LogP contribution < -0.4 is 5.32 Å². The maximum atomic E-state index is 12.5. The van der Waals surface area contributed by atoms with Crippen molar-refractivity contribution in [1.82, 2.24) is 0 Å². The Morgan fingerprint density at radius 1 is 0.839 bits per heavy atom. The molecule has 0 saturated carbocycles. The molecule has 0 fully saturated rings. The maximum Gasteiger partial charge on any atom is 6.00 e. The second-order valence-corrected chi connectivity index (χ2v) is 5.41. The number of Topliss-reactive ketones (excluding diaryl/α,β-unsaturated/α-hetero) is 1. The molecule has 31 heavy (non-hydrogen) atoms. The SMILES string of the molecule is COC(=O)CCCC(=O)c1cc(C(=O)OC)ccc1NC(=O)CC(=O)OC.[Cr+6].[O-2].[O-2].[O-2]. The zero-order valence-corrected chi connectivity index (χ0v) is 18.2. The van der Waals surface area contributed by atoms with Gasteiger partial charge in [-0.1, -0.05) is 0 Å². The number of rotatable bonds is 9. The van der Waals surface area contributed by atoms with Crippen molar-refractivity contribution in [3.05, 3.63) is 29.3 Å². The summed E-state index contributed by atoms with van der Waals surface area (Å²) in [5.74, 6) is -2.89. The first-order valence-corrected chi connectivity index (χ1v) is 8.01. The molecule has 1 amide bonds. The van der Waals surface area contributed by atoms with Crippen LogP contribution in [0.25, 0.3) is 0 Å². The van der Waals surface area contributed by atoms with Gasteiger partial charge in [0, 0.05) is 18.4 Å². The Morgan fingerprint density at radius 2 is 1.42 bits per heavy atom. The number of methoxy groups -OCH3 is 3.